The zero-order valence-corrected chi connectivity index (χ0v) is 16.5. The minimum atomic E-state index is -0.105. The number of fused-ring (bicyclic) bond motifs is 1. The van der Waals surface area contributed by atoms with Crippen LogP contribution in [-0.4, -0.2) is 51.6 Å². The lowest BCUT2D eigenvalue weighted by Gasteiger charge is -2.18. The molecular formula is C20H27N5O2. The van der Waals surface area contributed by atoms with Crippen LogP contribution in [0, 0.1) is 5.92 Å². The largest absolute Gasteiger partial charge is 0.355 e. The highest BCUT2D eigenvalue weighted by atomic mass is 16.2. The van der Waals surface area contributed by atoms with Gasteiger partial charge in [-0.2, -0.15) is 5.10 Å². The third kappa shape index (κ3) is 3.09. The van der Waals surface area contributed by atoms with E-state index in [0.717, 1.165) is 48.2 Å². The minimum absolute atomic E-state index is 0.00609. The first-order chi connectivity index (χ1) is 12.9. The summed E-state index contributed by atoms with van der Waals surface area (Å²) in [6.45, 7) is 5.25. The van der Waals surface area contributed by atoms with Gasteiger partial charge in [-0.05, 0) is 25.3 Å². The van der Waals surface area contributed by atoms with Crippen LogP contribution in [0.5, 0.6) is 0 Å². The van der Waals surface area contributed by atoms with Crippen LogP contribution in [-0.2, 0) is 11.8 Å². The Balaban J connectivity index is 1.78. The Labute approximate surface area is 159 Å². The number of aryl methyl sites for hydroxylation is 1. The Morgan fingerprint density at radius 1 is 1.22 bits per heavy atom. The average Bonchev–Trinajstić information content (AvgIpc) is 3.31. The van der Waals surface area contributed by atoms with Gasteiger partial charge in [-0.3, -0.25) is 14.3 Å². The molecule has 1 saturated carbocycles. The number of pyridine rings is 1. The van der Waals surface area contributed by atoms with Crippen molar-refractivity contribution in [3.63, 3.8) is 0 Å². The molecule has 1 atom stereocenters. The normalized spacial score (nSPS) is 19.9. The maximum absolute atomic E-state index is 12.6. The molecule has 2 aromatic rings. The van der Waals surface area contributed by atoms with Gasteiger partial charge in [0.25, 0.3) is 5.91 Å². The minimum Gasteiger partial charge on any atom is -0.355 e. The van der Waals surface area contributed by atoms with Crippen molar-refractivity contribution < 1.29 is 9.59 Å². The summed E-state index contributed by atoms with van der Waals surface area (Å²) in [7, 11) is 3.54. The number of likely N-dealkylation sites (tertiary alicyclic amines) is 1. The fourth-order valence-corrected chi connectivity index (χ4v) is 4.03. The first-order valence-electron chi connectivity index (χ1n) is 9.79. The van der Waals surface area contributed by atoms with Crippen LogP contribution >= 0.6 is 0 Å². The highest BCUT2D eigenvalue weighted by Gasteiger charge is 2.34. The number of carbonyl (C=O) groups is 2. The molecule has 1 aliphatic carbocycles. The Bertz CT molecular complexity index is 913. The van der Waals surface area contributed by atoms with Crippen LogP contribution in [0.15, 0.2) is 6.07 Å². The van der Waals surface area contributed by atoms with E-state index < -0.39 is 0 Å². The first-order valence-corrected chi connectivity index (χ1v) is 9.79. The van der Waals surface area contributed by atoms with E-state index in [9.17, 15) is 9.59 Å². The van der Waals surface area contributed by atoms with Gasteiger partial charge in [-0.15, -0.1) is 0 Å². The van der Waals surface area contributed by atoms with E-state index in [1.165, 1.54) is 0 Å². The van der Waals surface area contributed by atoms with Crippen LogP contribution in [0.1, 0.15) is 66.7 Å². The van der Waals surface area contributed by atoms with Crippen molar-refractivity contribution in [2.75, 3.05) is 20.1 Å². The molecule has 144 valence electrons. The van der Waals surface area contributed by atoms with Crippen LogP contribution < -0.4 is 5.32 Å². The molecule has 2 amide bonds. The maximum atomic E-state index is 12.6. The molecule has 0 radical (unpaired) electrons. The summed E-state index contributed by atoms with van der Waals surface area (Å²) in [6.07, 6.45) is 3.12. The topological polar surface area (TPSA) is 80.1 Å². The standard InChI is InChI=1S/C20H27N5O2/c1-11(2)20(27)25-8-7-13(10-25)17-16-14(19(26)21-3)9-15(12-5-6-12)22-18(16)24(4)23-17/h9,11-13H,5-8,10H2,1-4H3,(H,21,26). The predicted octanol–water partition coefficient (Wildman–Crippen LogP) is 2.18. The van der Waals surface area contributed by atoms with Gasteiger partial charge in [0.1, 0.15) is 0 Å². The van der Waals surface area contributed by atoms with Crippen molar-refractivity contribution in [3.8, 4) is 0 Å². The molecule has 27 heavy (non-hydrogen) atoms. The predicted molar refractivity (Wildman–Crippen MR) is 103 cm³/mol. The van der Waals surface area contributed by atoms with Gasteiger partial charge >= 0.3 is 0 Å². The lowest BCUT2D eigenvalue weighted by Crippen LogP contribution is -2.32. The molecule has 2 fully saturated rings. The molecule has 1 N–H and O–H groups in total. The summed E-state index contributed by atoms with van der Waals surface area (Å²) in [4.78, 5) is 31.7. The molecule has 0 spiro atoms. The second-order valence-corrected chi connectivity index (χ2v) is 8.08. The van der Waals surface area contributed by atoms with Crippen molar-refractivity contribution in [3.05, 3.63) is 23.0 Å². The highest BCUT2D eigenvalue weighted by molar-refractivity contribution is 6.06. The van der Waals surface area contributed by atoms with Gasteiger partial charge in [0.2, 0.25) is 5.91 Å². The highest BCUT2D eigenvalue weighted by Crippen LogP contribution is 2.41. The third-order valence-electron chi connectivity index (χ3n) is 5.69. The molecule has 0 aromatic carbocycles. The molecule has 7 nitrogen and oxygen atoms in total. The summed E-state index contributed by atoms with van der Waals surface area (Å²) in [5.41, 5.74) is 3.29. The summed E-state index contributed by atoms with van der Waals surface area (Å²) >= 11 is 0. The van der Waals surface area contributed by atoms with Gasteiger partial charge in [0, 0.05) is 50.6 Å². The number of rotatable bonds is 4. The maximum Gasteiger partial charge on any atom is 0.251 e. The van der Waals surface area contributed by atoms with Crippen LogP contribution in [0.25, 0.3) is 11.0 Å². The number of hydrogen-bond donors (Lipinski definition) is 1. The van der Waals surface area contributed by atoms with E-state index in [-0.39, 0.29) is 23.7 Å². The van der Waals surface area contributed by atoms with Crippen molar-refractivity contribution in [1.82, 2.24) is 25.0 Å². The molecule has 0 bridgehead atoms. The average molecular weight is 369 g/mol. The molecule has 1 saturated heterocycles. The number of nitrogens with one attached hydrogen (secondary N) is 1. The summed E-state index contributed by atoms with van der Waals surface area (Å²) in [5, 5.41) is 8.34. The molecule has 4 rings (SSSR count). The van der Waals surface area contributed by atoms with E-state index in [0.29, 0.717) is 18.0 Å². The van der Waals surface area contributed by atoms with Crippen LogP contribution in [0.3, 0.4) is 0 Å². The van der Waals surface area contributed by atoms with Gasteiger partial charge < -0.3 is 10.2 Å². The number of amides is 2. The number of nitrogens with zero attached hydrogens (tertiary/aromatic N) is 4. The lowest BCUT2D eigenvalue weighted by atomic mass is 9.98. The fourth-order valence-electron chi connectivity index (χ4n) is 4.03. The van der Waals surface area contributed by atoms with Crippen molar-refractivity contribution in [2.45, 2.75) is 44.9 Å². The van der Waals surface area contributed by atoms with E-state index >= 15 is 0 Å². The zero-order chi connectivity index (χ0) is 19.3. The first kappa shape index (κ1) is 17.9. The van der Waals surface area contributed by atoms with E-state index in [1.807, 2.05) is 31.9 Å². The summed E-state index contributed by atoms with van der Waals surface area (Å²) in [5.74, 6) is 0.661. The molecule has 1 unspecified atom stereocenters. The number of carbonyl (C=O) groups excluding carboxylic acids is 2. The smallest absolute Gasteiger partial charge is 0.251 e. The Morgan fingerprint density at radius 2 is 1.96 bits per heavy atom. The quantitative estimate of drug-likeness (QED) is 0.896. The van der Waals surface area contributed by atoms with E-state index in [2.05, 4.69) is 5.32 Å². The van der Waals surface area contributed by atoms with E-state index in [1.54, 1.807) is 11.7 Å². The Morgan fingerprint density at radius 3 is 2.59 bits per heavy atom. The molecule has 1 aliphatic heterocycles. The molecule has 3 heterocycles. The van der Waals surface area contributed by atoms with Gasteiger partial charge in [0.15, 0.2) is 5.65 Å². The molecule has 2 aromatic heterocycles. The van der Waals surface area contributed by atoms with Gasteiger partial charge in [-0.25, -0.2) is 4.98 Å². The SMILES string of the molecule is CNC(=O)c1cc(C2CC2)nc2c1c(C1CCN(C(=O)C(C)C)C1)nn2C. The van der Waals surface area contributed by atoms with Crippen molar-refractivity contribution >= 4 is 22.8 Å². The fraction of sp³-hybridized carbons (Fsp3) is 0.600. The number of aromatic nitrogens is 3. The lowest BCUT2D eigenvalue weighted by molar-refractivity contribution is -0.133. The number of hydrogen-bond acceptors (Lipinski definition) is 4. The molecule has 7 heteroatoms. The zero-order valence-electron chi connectivity index (χ0n) is 16.5. The monoisotopic (exact) mass is 369 g/mol. The third-order valence-corrected chi connectivity index (χ3v) is 5.69. The Hall–Kier alpha value is -2.44. The van der Waals surface area contributed by atoms with Crippen molar-refractivity contribution in [1.29, 1.82) is 0 Å². The second-order valence-electron chi connectivity index (χ2n) is 8.08. The second kappa shape index (κ2) is 6.62. The van der Waals surface area contributed by atoms with E-state index in [4.69, 9.17) is 10.1 Å². The van der Waals surface area contributed by atoms with Crippen LogP contribution in [0.4, 0.5) is 0 Å². The Kier molecular flexibility index (Phi) is 4.40. The molecule has 2 aliphatic rings. The molecular weight excluding hydrogens is 342 g/mol. The summed E-state index contributed by atoms with van der Waals surface area (Å²) in [6, 6.07) is 1.94. The van der Waals surface area contributed by atoms with Gasteiger partial charge in [-0.1, -0.05) is 13.8 Å². The van der Waals surface area contributed by atoms with Crippen molar-refractivity contribution in [2.24, 2.45) is 13.0 Å². The van der Waals surface area contributed by atoms with Gasteiger partial charge in [0.05, 0.1) is 16.6 Å². The van der Waals surface area contributed by atoms with Crippen LogP contribution in [0.2, 0.25) is 0 Å². The summed E-state index contributed by atoms with van der Waals surface area (Å²) < 4.78 is 1.79.